The Morgan fingerprint density at radius 2 is 1.95 bits per heavy atom. The van der Waals surface area contributed by atoms with Gasteiger partial charge in [0.15, 0.2) is 0 Å². The summed E-state index contributed by atoms with van der Waals surface area (Å²) in [5.41, 5.74) is 5.79. The first-order valence-electron chi connectivity index (χ1n) is 5.18. The van der Waals surface area contributed by atoms with Gasteiger partial charge in [0.05, 0.1) is 10.7 Å². The Morgan fingerprint density at radius 3 is 2.60 bits per heavy atom. The number of nitrogens with one attached hydrogen (secondary N) is 1. The molecule has 1 heterocycles. The first-order valence-corrected chi connectivity index (χ1v) is 8.22. The Labute approximate surface area is 134 Å². The van der Waals surface area contributed by atoms with Gasteiger partial charge in [0, 0.05) is 15.7 Å². The highest BCUT2D eigenvalue weighted by molar-refractivity contribution is 9.10. The van der Waals surface area contributed by atoms with Crippen LogP contribution in [-0.2, 0) is 10.0 Å². The molecule has 0 saturated carbocycles. The fraction of sp³-hybridized carbons (Fsp3) is 0. The van der Waals surface area contributed by atoms with Crippen molar-refractivity contribution < 1.29 is 8.42 Å². The van der Waals surface area contributed by atoms with Crippen molar-refractivity contribution in [2.24, 2.45) is 0 Å². The minimum Gasteiger partial charge on any atom is -0.383 e. The van der Waals surface area contributed by atoms with Crippen molar-refractivity contribution in [3.63, 3.8) is 0 Å². The molecule has 106 valence electrons. The van der Waals surface area contributed by atoms with Gasteiger partial charge in [0.1, 0.15) is 10.7 Å². The van der Waals surface area contributed by atoms with Crippen molar-refractivity contribution in [3.8, 4) is 0 Å². The molecule has 9 heteroatoms. The van der Waals surface area contributed by atoms with E-state index < -0.39 is 10.0 Å². The van der Waals surface area contributed by atoms with Gasteiger partial charge >= 0.3 is 0 Å². The molecule has 0 fully saturated rings. The lowest BCUT2D eigenvalue weighted by Gasteiger charge is -2.11. The number of benzene rings is 1. The van der Waals surface area contributed by atoms with E-state index in [1.807, 2.05) is 0 Å². The number of hydrogen-bond acceptors (Lipinski definition) is 4. The monoisotopic (exact) mass is 395 g/mol. The molecule has 1 aromatic carbocycles. The number of anilines is 2. The van der Waals surface area contributed by atoms with Crippen LogP contribution in [-0.4, -0.2) is 13.4 Å². The predicted octanol–water partition coefficient (Wildman–Crippen LogP) is 3.53. The number of pyridine rings is 1. The van der Waals surface area contributed by atoms with E-state index in [0.29, 0.717) is 9.50 Å². The Kier molecular flexibility index (Phi) is 4.43. The third-order valence-electron chi connectivity index (χ3n) is 2.31. The smallest absolute Gasteiger partial charge is 0.265 e. The zero-order valence-corrected chi connectivity index (χ0v) is 13.7. The molecule has 0 spiro atoms. The Hall–Kier alpha value is -1.02. The molecule has 0 bridgehead atoms. The number of rotatable bonds is 3. The number of sulfonamides is 1. The van der Waals surface area contributed by atoms with Crippen LogP contribution in [0.3, 0.4) is 0 Å². The maximum Gasteiger partial charge on any atom is 0.265 e. The number of nitrogen functional groups attached to an aromatic ring is 1. The summed E-state index contributed by atoms with van der Waals surface area (Å²) in [6.45, 7) is 0. The topological polar surface area (TPSA) is 85.1 Å². The van der Waals surface area contributed by atoms with Crippen molar-refractivity contribution in [1.29, 1.82) is 0 Å². The van der Waals surface area contributed by atoms with Crippen molar-refractivity contribution in [3.05, 3.63) is 45.0 Å². The summed E-state index contributed by atoms with van der Waals surface area (Å²) in [7, 11) is -3.90. The largest absolute Gasteiger partial charge is 0.383 e. The highest BCUT2D eigenvalue weighted by Crippen LogP contribution is 2.29. The van der Waals surface area contributed by atoms with Crippen LogP contribution in [0.4, 0.5) is 11.5 Å². The van der Waals surface area contributed by atoms with E-state index >= 15 is 0 Å². The summed E-state index contributed by atoms with van der Waals surface area (Å²) in [5, 5.41) is 0.587. The van der Waals surface area contributed by atoms with Crippen LogP contribution in [0.25, 0.3) is 0 Å². The summed E-state index contributed by atoms with van der Waals surface area (Å²) in [4.78, 5) is 3.64. The second kappa shape index (κ2) is 5.77. The molecule has 0 aliphatic heterocycles. The number of aromatic nitrogens is 1. The van der Waals surface area contributed by atoms with E-state index in [2.05, 4.69) is 25.6 Å². The highest BCUT2D eigenvalue weighted by atomic mass is 79.9. The summed E-state index contributed by atoms with van der Waals surface area (Å²) in [6.07, 6.45) is 1.41. The average Bonchev–Trinajstić information content (AvgIpc) is 2.35. The van der Waals surface area contributed by atoms with E-state index in [-0.39, 0.29) is 21.4 Å². The van der Waals surface area contributed by atoms with Crippen LogP contribution in [0.5, 0.6) is 0 Å². The second-order valence-electron chi connectivity index (χ2n) is 3.77. The predicted molar refractivity (Wildman–Crippen MR) is 83.6 cm³/mol. The lowest BCUT2D eigenvalue weighted by atomic mass is 10.3. The zero-order chi connectivity index (χ0) is 14.9. The van der Waals surface area contributed by atoms with E-state index in [1.165, 1.54) is 30.5 Å². The van der Waals surface area contributed by atoms with Crippen LogP contribution >= 0.6 is 39.1 Å². The molecule has 2 rings (SSSR count). The third-order valence-corrected chi connectivity index (χ3v) is 4.69. The van der Waals surface area contributed by atoms with Crippen LogP contribution in [0, 0.1) is 0 Å². The van der Waals surface area contributed by atoms with Gasteiger partial charge in [0.2, 0.25) is 0 Å². The highest BCUT2D eigenvalue weighted by Gasteiger charge is 2.20. The quantitative estimate of drug-likeness (QED) is 0.830. The van der Waals surface area contributed by atoms with Crippen LogP contribution in [0.1, 0.15) is 0 Å². The Bertz CT molecular complexity index is 768. The Morgan fingerprint density at radius 1 is 1.25 bits per heavy atom. The summed E-state index contributed by atoms with van der Waals surface area (Å²) >= 11 is 14.8. The fourth-order valence-corrected chi connectivity index (χ4v) is 3.60. The lowest BCUT2D eigenvalue weighted by molar-refractivity contribution is 0.601. The van der Waals surface area contributed by atoms with Crippen LogP contribution in [0.15, 0.2) is 39.8 Å². The summed E-state index contributed by atoms with van der Waals surface area (Å²) < 4.78 is 27.4. The second-order valence-corrected chi connectivity index (χ2v) is 7.18. The average molecular weight is 397 g/mol. The van der Waals surface area contributed by atoms with Gasteiger partial charge in [-0.2, -0.15) is 0 Å². The van der Waals surface area contributed by atoms with E-state index in [9.17, 15) is 8.42 Å². The van der Waals surface area contributed by atoms with Crippen molar-refractivity contribution in [2.75, 3.05) is 10.5 Å². The molecule has 0 aliphatic rings. The molecule has 0 atom stereocenters. The molecule has 0 unspecified atom stereocenters. The van der Waals surface area contributed by atoms with Gasteiger partial charge in [-0.15, -0.1) is 0 Å². The Balaban J connectivity index is 2.43. The zero-order valence-electron chi connectivity index (χ0n) is 9.77. The number of hydrogen-bond donors (Lipinski definition) is 2. The van der Waals surface area contributed by atoms with Gasteiger partial charge in [-0.25, -0.2) is 13.4 Å². The minimum atomic E-state index is -3.90. The van der Waals surface area contributed by atoms with Gasteiger partial charge < -0.3 is 5.73 Å². The molecule has 2 aromatic rings. The fourth-order valence-electron chi connectivity index (χ4n) is 1.42. The van der Waals surface area contributed by atoms with E-state index in [4.69, 9.17) is 28.9 Å². The first-order chi connectivity index (χ1) is 9.29. The molecular formula is C11H8BrCl2N3O2S. The summed E-state index contributed by atoms with van der Waals surface area (Å²) in [6, 6.07) is 5.77. The van der Waals surface area contributed by atoms with Gasteiger partial charge in [-0.05, 0) is 40.2 Å². The molecule has 3 N–H and O–H groups in total. The van der Waals surface area contributed by atoms with Crippen molar-refractivity contribution in [1.82, 2.24) is 4.98 Å². The van der Waals surface area contributed by atoms with Crippen LogP contribution in [0.2, 0.25) is 10.0 Å². The van der Waals surface area contributed by atoms with Crippen molar-refractivity contribution >= 4 is 60.7 Å². The molecule has 0 radical (unpaired) electrons. The van der Waals surface area contributed by atoms with Crippen LogP contribution < -0.4 is 10.5 Å². The number of nitrogens with zero attached hydrogens (tertiary/aromatic N) is 1. The SMILES string of the molecule is Nc1ncc(Br)cc1S(=O)(=O)Nc1ccc(Cl)cc1Cl. The van der Waals surface area contributed by atoms with Gasteiger partial charge in [0.25, 0.3) is 10.0 Å². The molecule has 1 aromatic heterocycles. The van der Waals surface area contributed by atoms with Gasteiger partial charge in [-0.3, -0.25) is 4.72 Å². The summed E-state index contributed by atoms with van der Waals surface area (Å²) in [5.74, 6) is -0.106. The molecule has 0 aliphatic carbocycles. The first kappa shape index (κ1) is 15.4. The normalized spacial score (nSPS) is 11.3. The third kappa shape index (κ3) is 3.35. The lowest BCUT2D eigenvalue weighted by Crippen LogP contribution is -2.15. The molecule has 0 saturated heterocycles. The standard InChI is InChI=1S/C11H8BrCl2N3O2S/c12-6-3-10(11(15)16-5-6)20(18,19)17-9-2-1-7(13)4-8(9)14/h1-5,17H,(H2,15,16). The molecule has 20 heavy (non-hydrogen) atoms. The van der Waals surface area contributed by atoms with E-state index in [0.717, 1.165) is 0 Å². The van der Waals surface area contributed by atoms with Gasteiger partial charge in [-0.1, -0.05) is 23.2 Å². The van der Waals surface area contributed by atoms with E-state index in [1.54, 1.807) is 0 Å². The minimum absolute atomic E-state index is 0.106. The maximum absolute atomic E-state index is 12.3. The number of halogens is 3. The number of nitrogens with two attached hydrogens (primary N) is 1. The van der Waals surface area contributed by atoms with Crippen molar-refractivity contribution in [2.45, 2.75) is 4.90 Å². The maximum atomic E-state index is 12.3. The molecule has 0 amide bonds. The molecule has 5 nitrogen and oxygen atoms in total. The molecular weight excluding hydrogens is 389 g/mol.